The minimum Gasteiger partial charge on any atom is -0.355 e. The van der Waals surface area contributed by atoms with Gasteiger partial charge in [-0.05, 0) is 44.0 Å². The first kappa shape index (κ1) is 15.8. The van der Waals surface area contributed by atoms with E-state index in [0.717, 1.165) is 11.7 Å². The van der Waals surface area contributed by atoms with E-state index < -0.39 is 0 Å². The zero-order chi connectivity index (χ0) is 15.4. The van der Waals surface area contributed by atoms with Crippen LogP contribution in [0.5, 0.6) is 0 Å². The lowest BCUT2D eigenvalue weighted by molar-refractivity contribution is -0.0331. The average molecular weight is 302 g/mol. The number of hydrogen-bond acceptors (Lipinski definition) is 4. The highest BCUT2D eigenvalue weighted by molar-refractivity contribution is 5.43. The molecule has 0 saturated carbocycles. The monoisotopic (exact) mass is 302 g/mol. The molecule has 0 bridgehead atoms. The molecule has 3 aliphatic heterocycles. The van der Waals surface area contributed by atoms with Gasteiger partial charge in [0.05, 0.1) is 0 Å². The van der Waals surface area contributed by atoms with Crippen LogP contribution in [-0.2, 0) is 0 Å². The van der Waals surface area contributed by atoms with Crippen molar-refractivity contribution < 1.29 is 0 Å². The molecule has 1 spiro atoms. The van der Waals surface area contributed by atoms with Gasteiger partial charge in [-0.3, -0.25) is 0 Å². The quantitative estimate of drug-likeness (QED) is 0.928. The topological polar surface area (TPSA) is 31.4 Å². The van der Waals surface area contributed by atoms with E-state index >= 15 is 0 Å². The summed E-state index contributed by atoms with van der Waals surface area (Å²) in [6.07, 6.45) is 4.62. The lowest BCUT2D eigenvalue weighted by Crippen LogP contribution is -2.72. The van der Waals surface area contributed by atoms with Gasteiger partial charge < -0.3 is 15.1 Å². The van der Waals surface area contributed by atoms with Gasteiger partial charge in [-0.1, -0.05) is 19.9 Å². The van der Waals surface area contributed by atoms with Crippen molar-refractivity contribution >= 4 is 5.82 Å². The second-order valence-corrected chi connectivity index (χ2v) is 6.91. The fraction of sp³-hybridized carbons (Fsp3) is 0.722. The maximum Gasteiger partial charge on any atom is 0.128 e. The molecule has 4 nitrogen and oxygen atoms in total. The van der Waals surface area contributed by atoms with Gasteiger partial charge in [0.15, 0.2) is 0 Å². The van der Waals surface area contributed by atoms with Crippen LogP contribution in [-0.4, -0.2) is 55.7 Å². The third-order valence-electron chi connectivity index (χ3n) is 5.12. The molecule has 22 heavy (non-hydrogen) atoms. The molecule has 3 aliphatic rings. The Balaban J connectivity index is 0.000000693. The van der Waals surface area contributed by atoms with Crippen LogP contribution in [0.25, 0.3) is 0 Å². The van der Waals surface area contributed by atoms with Gasteiger partial charge in [0, 0.05) is 44.3 Å². The Morgan fingerprint density at radius 2 is 1.86 bits per heavy atom. The largest absolute Gasteiger partial charge is 0.355 e. The Morgan fingerprint density at radius 3 is 2.50 bits per heavy atom. The summed E-state index contributed by atoms with van der Waals surface area (Å²) < 4.78 is 0. The molecule has 3 fully saturated rings. The molecule has 4 rings (SSSR count). The van der Waals surface area contributed by atoms with Crippen molar-refractivity contribution in [2.45, 2.75) is 26.7 Å². The van der Waals surface area contributed by atoms with Crippen LogP contribution in [0.4, 0.5) is 5.82 Å². The molecule has 0 radical (unpaired) electrons. The fourth-order valence-electron chi connectivity index (χ4n) is 4.13. The molecule has 0 aliphatic carbocycles. The normalized spacial score (nSPS) is 24.2. The highest BCUT2D eigenvalue weighted by Gasteiger charge is 2.52. The third kappa shape index (κ3) is 3.28. The summed E-state index contributed by atoms with van der Waals surface area (Å²) in [6, 6.07) is 6.19. The molecule has 3 saturated heterocycles. The van der Waals surface area contributed by atoms with Crippen molar-refractivity contribution in [1.29, 1.82) is 0 Å². The molecular formula is C18H30N4. The molecule has 0 amide bonds. The number of rotatable bonds is 3. The van der Waals surface area contributed by atoms with Gasteiger partial charge >= 0.3 is 0 Å². The Kier molecular flexibility index (Phi) is 4.99. The molecule has 1 aromatic heterocycles. The van der Waals surface area contributed by atoms with E-state index in [9.17, 15) is 0 Å². The van der Waals surface area contributed by atoms with Gasteiger partial charge in [0.25, 0.3) is 0 Å². The number of nitrogens with zero attached hydrogens (tertiary/aromatic N) is 3. The van der Waals surface area contributed by atoms with Crippen molar-refractivity contribution in [3.05, 3.63) is 24.4 Å². The van der Waals surface area contributed by atoms with Gasteiger partial charge in [-0.15, -0.1) is 0 Å². The van der Waals surface area contributed by atoms with Crippen LogP contribution in [0.2, 0.25) is 0 Å². The SMILES string of the molecule is CC.c1ccc(N2CC3(CN(CC4CCNCC4)C3)C2)nc1. The van der Waals surface area contributed by atoms with Crippen LogP contribution in [0.1, 0.15) is 26.7 Å². The smallest absolute Gasteiger partial charge is 0.128 e. The lowest BCUT2D eigenvalue weighted by Gasteiger charge is -2.61. The highest BCUT2D eigenvalue weighted by Crippen LogP contribution is 2.41. The zero-order valence-corrected chi connectivity index (χ0v) is 14.1. The predicted octanol–water partition coefficient (Wildman–Crippen LogP) is 2.23. The first-order valence-corrected chi connectivity index (χ1v) is 8.92. The van der Waals surface area contributed by atoms with Crippen LogP contribution in [0, 0.1) is 11.3 Å². The maximum atomic E-state index is 4.44. The Bertz CT molecular complexity index is 441. The number of pyridine rings is 1. The second-order valence-electron chi connectivity index (χ2n) is 6.91. The zero-order valence-electron chi connectivity index (χ0n) is 14.1. The van der Waals surface area contributed by atoms with Gasteiger partial charge in [-0.25, -0.2) is 4.98 Å². The number of piperidine rings is 1. The Hall–Kier alpha value is -1.13. The summed E-state index contributed by atoms with van der Waals surface area (Å²) in [5, 5.41) is 3.45. The van der Waals surface area contributed by atoms with Gasteiger partial charge in [0.2, 0.25) is 0 Å². The summed E-state index contributed by atoms with van der Waals surface area (Å²) >= 11 is 0. The van der Waals surface area contributed by atoms with E-state index in [0.29, 0.717) is 5.41 Å². The van der Waals surface area contributed by atoms with Gasteiger partial charge in [0.1, 0.15) is 5.82 Å². The van der Waals surface area contributed by atoms with E-state index in [1.165, 1.54) is 58.7 Å². The standard InChI is InChI=1S/C16H24N4.C2H6/c1-2-6-18-15(3-1)20-12-16(13-20)10-19(11-16)9-14-4-7-17-8-5-14;1-2/h1-3,6,14,17H,4-5,7-13H2;1-2H3. The average Bonchev–Trinajstić information content (AvgIpc) is 2.52. The minimum atomic E-state index is 0.588. The Morgan fingerprint density at radius 1 is 1.14 bits per heavy atom. The van der Waals surface area contributed by atoms with E-state index in [2.05, 4.69) is 32.2 Å². The van der Waals surface area contributed by atoms with E-state index in [1.807, 2.05) is 26.1 Å². The molecule has 1 N–H and O–H groups in total. The molecule has 1 aromatic rings. The van der Waals surface area contributed by atoms with Crippen molar-refractivity contribution in [2.24, 2.45) is 11.3 Å². The summed E-state index contributed by atoms with van der Waals surface area (Å²) in [4.78, 5) is 9.53. The molecule has 4 heterocycles. The molecular weight excluding hydrogens is 272 g/mol. The first-order chi connectivity index (χ1) is 10.8. The van der Waals surface area contributed by atoms with Crippen molar-refractivity contribution in [3.8, 4) is 0 Å². The highest BCUT2D eigenvalue weighted by atomic mass is 15.3. The third-order valence-corrected chi connectivity index (χ3v) is 5.12. The number of hydrogen-bond donors (Lipinski definition) is 1. The lowest BCUT2D eigenvalue weighted by atomic mass is 9.72. The van der Waals surface area contributed by atoms with E-state index in [1.54, 1.807) is 0 Å². The van der Waals surface area contributed by atoms with Crippen LogP contribution >= 0.6 is 0 Å². The van der Waals surface area contributed by atoms with E-state index in [4.69, 9.17) is 0 Å². The van der Waals surface area contributed by atoms with Crippen LogP contribution in [0.3, 0.4) is 0 Å². The summed E-state index contributed by atoms with van der Waals surface area (Å²) in [5.41, 5.74) is 0.588. The fourth-order valence-corrected chi connectivity index (χ4v) is 4.13. The molecule has 0 unspecified atom stereocenters. The van der Waals surface area contributed by atoms with Gasteiger partial charge in [-0.2, -0.15) is 0 Å². The molecule has 4 heteroatoms. The summed E-state index contributed by atoms with van der Waals surface area (Å²) in [7, 11) is 0. The van der Waals surface area contributed by atoms with E-state index in [-0.39, 0.29) is 0 Å². The number of likely N-dealkylation sites (tertiary alicyclic amines) is 1. The second kappa shape index (κ2) is 6.97. The molecule has 0 atom stereocenters. The maximum absolute atomic E-state index is 4.44. The van der Waals surface area contributed by atoms with Crippen LogP contribution < -0.4 is 10.2 Å². The molecule has 122 valence electrons. The van der Waals surface area contributed by atoms with Crippen molar-refractivity contribution in [2.75, 3.05) is 50.7 Å². The predicted molar refractivity (Wildman–Crippen MR) is 92.3 cm³/mol. The van der Waals surface area contributed by atoms with Crippen molar-refractivity contribution in [3.63, 3.8) is 0 Å². The summed E-state index contributed by atoms with van der Waals surface area (Å²) in [6.45, 7) is 12.8. The number of aromatic nitrogens is 1. The summed E-state index contributed by atoms with van der Waals surface area (Å²) in [5.74, 6) is 2.08. The minimum absolute atomic E-state index is 0.588. The van der Waals surface area contributed by atoms with Crippen LogP contribution in [0.15, 0.2) is 24.4 Å². The first-order valence-electron chi connectivity index (χ1n) is 8.92. The Labute approximate surface area is 134 Å². The number of nitrogens with one attached hydrogen (secondary N) is 1. The van der Waals surface area contributed by atoms with Crippen molar-refractivity contribution in [1.82, 2.24) is 15.2 Å². The number of anilines is 1. The molecule has 0 aromatic carbocycles.